The lowest BCUT2D eigenvalue weighted by Crippen LogP contribution is -2.34. The summed E-state index contributed by atoms with van der Waals surface area (Å²) in [6.07, 6.45) is 3.87. The summed E-state index contributed by atoms with van der Waals surface area (Å²) in [5.74, 6) is -0.0374. The van der Waals surface area contributed by atoms with Gasteiger partial charge in [0.05, 0.1) is 15.5 Å². The van der Waals surface area contributed by atoms with E-state index in [1.807, 2.05) is 78.6 Å². The Morgan fingerprint density at radius 2 is 1.93 bits per heavy atom. The molecule has 0 bridgehead atoms. The quantitative estimate of drug-likeness (QED) is 0.436. The van der Waals surface area contributed by atoms with Gasteiger partial charge in [-0.25, -0.2) is 4.68 Å². The summed E-state index contributed by atoms with van der Waals surface area (Å²) < 4.78 is 2.46. The molecule has 0 radical (unpaired) electrons. The van der Waals surface area contributed by atoms with Crippen molar-refractivity contribution in [2.24, 2.45) is 0 Å². The maximum atomic E-state index is 12.8. The second-order valence-electron chi connectivity index (χ2n) is 6.34. The van der Waals surface area contributed by atoms with E-state index < -0.39 is 0 Å². The standard InChI is InChI=1S/C20H17N3OS3/c1-13(2)23-19(24)17(27-20(23)25)11-14-12-22(15-7-4-3-5-8-15)21-18(14)16-9-6-10-26-16/h3-13H,1-2H3. The topological polar surface area (TPSA) is 38.1 Å². The summed E-state index contributed by atoms with van der Waals surface area (Å²) in [5, 5.41) is 6.81. The number of rotatable bonds is 4. The van der Waals surface area contributed by atoms with Crippen LogP contribution in [0.5, 0.6) is 0 Å². The molecule has 7 heteroatoms. The van der Waals surface area contributed by atoms with Crippen LogP contribution in [-0.4, -0.2) is 30.9 Å². The molecule has 2 aromatic heterocycles. The van der Waals surface area contributed by atoms with Crippen molar-refractivity contribution in [2.75, 3.05) is 0 Å². The minimum Gasteiger partial charge on any atom is -0.290 e. The highest BCUT2D eigenvalue weighted by molar-refractivity contribution is 8.26. The fourth-order valence-electron chi connectivity index (χ4n) is 2.88. The van der Waals surface area contributed by atoms with E-state index >= 15 is 0 Å². The van der Waals surface area contributed by atoms with E-state index in [0.29, 0.717) is 9.23 Å². The lowest BCUT2D eigenvalue weighted by Gasteiger charge is -2.18. The van der Waals surface area contributed by atoms with Crippen LogP contribution < -0.4 is 0 Å². The molecule has 1 saturated heterocycles. The third-order valence-electron chi connectivity index (χ3n) is 4.14. The average Bonchev–Trinajstić information content (AvgIpc) is 3.36. The minimum atomic E-state index is -0.0374. The lowest BCUT2D eigenvalue weighted by molar-refractivity contribution is -0.123. The first-order chi connectivity index (χ1) is 13.0. The number of carbonyl (C=O) groups excluding carboxylic acids is 1. The maximum Gasteiger partial charge on any atom is 0.266 e. The van der Waals surface area contributed by atoms with Crippen LogP contribution >= 0.6 is 35.3 Å². The number of nitrogens with zero attached hydrogens (tertiary/aromatic N) is 3. The van der Waals surface area contributed by atoms with E-state index in [2.05, 4.69) is 0 Å². The number of amides is 1. The molecular formula is C20H17N3OS3. The third-order valence-corrected chi connectivity index (χ3v) is 6.35. The molecule has 136 valence electrons. The molecule has 0 saturated carbocycles. The van der Waals surface area contributed by atoms with Crippen molar-refractivity contribution in [3.05, 3.63) is 64.5 Å². The molecule has 4 rings (SSSR count). The molecule has 1 aliphatic rings. The van der Waals surface area contributed by atoms with Gasteiger partial charge < -0.3 is 0 Å². The first-order valence-electron chi connectivity index (χ1n) is 8.50. The summed E-state index contributed by atoms with van der Waals surface area (Å²) in [7, 11) is 0. The summed E-state index contributed by atoms with van der Waals surface area (Å²) in [5.41, 5.74) is 2.75. The Labute approximate surface area is 171 Å². The van der Waals surface area contributed by atoms with Gasteiger partial charge in [0.15, 0.2) is 0 Å². The highest BCUT2D eigenvalue weighted by atomic mass is 32.2. The van der Waals surface area contributed by atoms with Crippen LogP contribution in [0.1, 0.15) is 19.4 Å². The second-order valence-corrected chi connectivity index (χ2v) is 8.96. The van der Waals surface area contributed by atoms with Gasteiger partial charge in [0.1, 0.15) is 10.0 Å². The molecule has 1 fully saturated rings. The molecule has 1 aromatic carbocycles. The largest absolute Gasteiger partial charge is 0.290 e. The van der Waals surface area contributed by atoms with Gasteiger partial charge in [0.2, 0.25) is 0 Å². The zero-order chi connectivity index (χ0) is 19.0. The van der Waals surface area contributed by atoms with E-state index in [1.165, 1.54) is 11.8 Å². The van der Waals surface area contributed by atoms with E-state index in [9.17, 15) is 4.79 Å². The van der Waals surface area contributed by atoms with Gasteiger partial charge in [-0.15, -0.1) is 11.3 Å². The highest BCUT2D eigenvalue weighted by Gasteiger charge is 2.34. The van der Waals surface area contributed by atoms with Crippen LogP contribution in [0.2, 0.25) is 0 Å². The van der Waals surface area contributed by atoms with Gasteiger partial charge in [-0.2, -0.15) is 5.10 Å². The van der Waals surface area contributed by atoms with E-state index in [1.54, 1.807) is 16.2 Å². The van der Waals surface area contributed by atoms with Gasteiger partial charge in [0.25, 0.3) is 5.91 Å². The van der Waals surface area contributed by atoms with Crippen molar-refractivity contribution in [1.82, 2.24) is 14.7 Å². The molecule has 3 aromatic rings. The van der Waals surface area contributed by atoms with Crippen molar-refractivity contribution in [3.63, 3.8) is 0 Å². The number of thioether (sulfide) groups is 1. The number of aromatic nitrogens is 2. The van der Waals surface area contributed by atoms with Crippen LogP contribution in [-0.2, 0) is 4.79 Å². The van der Waals surface area contributed by atoms with E-state index in [0.717, 1.165) is 21.8 Å². The first-order valence-corrected chi connectivity index (χ1v) is 10.6. The zero-order valence-electron chi connectivity index (χ0n) is 14.8. The van der Waals surface area contributed by atoms with Gasteiger partial charge in [-0.1, -0.05) is 48.2 Å². The summed E-state index contributed by atoms with van der Waals surface area (Å²) in [4.78, 5) is 16.1. The van der Waals surface area contributed by atoms with Crippen molar-refractivity contribution in [2.45, 2.75) is 19.9 Å². The first kappa shape index (κ1) is 18.2. The van der Waals surface area contributed by atoms with Gasteiger partial charge in [-0.05, 0) is 43.5 Å². The highest BCUT2D eigenvalue weighted by Crippen LogP contribution is 2.36. The van der Waals surface area contributed by atoms with Gasteiger partial charge >= 0.3 is 0 Å². The van der Waals surface area contributed by atoms with Gasteiger partial charge in [0, 0.05) is 17.8 Å². The number of benzene rings is 1. The average molecular weight is 412 g/mol. The molecular weight excluding hydrogens is 394 g/mol. The predicted octanol–water partition coefficient (Wildman–Crippen LogP) is 5.21. The Bertz CT molecular complexity index is 1020. The molecule has 3 heterocycles. The lowest BCUT2D eigenvalue weighted by atomic mass is 10.2. The van der Waals surface area contributed by atoms with E-state index in [4.69, 9.17) is 17.3 Å². The second kappa shape index (κ2) is 7.42. The predicted molar refractivity (Wildman–Crippen MR) is 117 cm³/mol. The normalized spacial score (nSPS) is 16.1. The summed E-state index contributed by atoms with van der Waals surface area (Å²) >= 11 is 8.37. The van der Waals surface area contributed by atoms with Crippen molar-refractivity contribution < 1.29 is 4.79 Å². The SMILES string of the molecule is CC(C)N1C(=O)C(=Cc2cn(-c3ccccc3)nc2-c2cccs2)SC1=S. The Morgan fingerprint density at radius 1 is 1.15 bits per heavy atom. The van der Waals surface area contributed by atoms with Crippen LogP contribution in [0.15, 0.2) is 58.9 Å². The Kier molecular flexibility index (Phi) is 4.99. The maximum absolute atomic E-state index is 12.8. The molecule has 1 amide bonds. The van der Waals surface area contributed by atoms with Crippen LogP contribution in [0, 0.1) is 0 Å². The Balaban J connectivity index is 1.79. The van der Waals surface area contributed by atoms with E-state index in [-0.39, 0.29) is 11.9 Å². The summed E-state index contributed by atoms with van der Waals surface area (Å²) in [6.45, 7) is 3.94. The number of hydrogen-bond donors (Lipinski definition) is 0. The molecule has 0 unspecified atom stereocenters. The smallest absolute Gasteiger partial charge is 0.266 e. The molecule has 4 nitrogen and oxygen atoms in total. The molecule has 0 atom stereocenters. The van der Waals surface area contributed by atoms with Crippen LogP contribution in [0.3, 0.4) is 0 Å². The number of thiophene rings is 1. The molecule has 27 heavy (non-hydrogen) atoms. The molecule has 1 aliphatic heterocycles. The fourth-order valence-corrected chi connectivity index (χ4v) is 5.12. The van der Waals surface area contributed by atoms with Crippen molar-refractivity contribution >= 4 is 51.6 Å². The molecule has 0 aliphatic carbocycles. The Hall–Kier alpha value is -2.22. The number of hydrogen-bond acceptors (Lipinski definition) is 5. The summed E-state index contributed by atoms with van der Waals surface area (Å²) in [6, 6.07) is 14.0. The van der Waals surface area contributed by atoms with Gasteiger partial charge in [-0.3, -0.25) is 9.69 Å². The third kappa shape index (κ3) is 3.50. The number of para-hydroxylation sites is 1. The van der Waals surface area contributed by atoms with Crippen molar-refractivity contribution in [1.29, 1.82) is 0 Å². The van der Waals surface area contributed by atoms with Crippen LogP contribution in [0.25, 0.3) is 22.3 Å². The number of carbonyl (C=O) groups is 1. The zero-order valence-corrected chi connectivity index (χ0v) is 17.3. The molecule has 0 N–H and O–H groups in total. The number of thiocarbonyl (C=S) groups is 1. The molecule has 0 spiro atoms. The van der Waals surface area contributed by atoms with Crippen molar-refractivity contribution in [3.8, 4) is 16.3 Å². The fraction of sp³-hybridized carbons (Fsp3) is 0.150. The van der Waals surface area contributed by atoms with Crippen LogP contribution in [0.4, 0.5) is 0 Å². The Morgan fingerprint density at radius 3 is 2.56 bits per heavy atom. The monoisotopic (exact) mass is 411 g/mol. The minimum absolute atomic E-state index is 0.0374.